The fraction of sp³-hybridized carbons (Fsp3) is 0. The second kappa shape index (κ2) is 1.26. The molecule has 0 aromatic heterocycles. The van der Waals surface area contributed by atoms with Crippen LogP contribution in [0.2, 0.25) is 0 Å². The van der Waals surface area contributed by atoms with Crippen molar-refractivity contribution < 1.29 is 4.76 Å². The van der Waals surface area contributed by atoms with Gasteiger partial charge in [0, 0.05) is 0 Å². The third-order valence-electron chi connectivity index (χ3n) is 0.918. The van der Waals surface area contributed by atoms with Crippen LogP contribution in [0.15, 0.2) is 0 Å². The van der Waals surface area contributed by atoms with Gasteiger partial charge in [0.2, 0.25) is 0 Å². The normalized spacial score (nSPS) is 35.4. The van der Waals surface area contributed by atoms with E-state index in [4.69, 9.17) is 4.76 Å². The summed E-state index contributed by atoms with van der Waals surface area (Å²) in [4.78, 5) is 1.68. The van der Waals surface area contributed by atoms with E-state index in [1.807, 2.05) is 0 Å². The largest absolute Gasteiger partial charge is 0.493 e. The van der Waals surface area contributed by atoms with Crippen LogP contribution in [-0.2, 0) is 4.76 Å². The molecule has 2 rings (SSSR count). The second-order valence-corrected chi connectivity index (χ2v) is 1.42. The Morgan fingerprint density at radius 2 is 2.71 bits per heavy atom. The maximum Gasteiger partial charge on any atom is 0.493 e. The molecule has 7 heavy (non-hydrogen) atoms. The van der Waals surface area contributed by atoms with Gasteiger partial charge in [-0.25, -0.2) is 4.89 Å². The number of rotatable bonds is 0. The first-order valence-corrected chi connectivity index (χ1v) is 2.09. The second-order valence-electron chi connectivity index (χ2n) is 1.42. The van der Waals surface area contributed by atoms with Crippen molar-refractivity contribution in [3.05, 3.63) is 0 Å². The maximum absolute atomic E-state index is 4.85. The molecule has 2 saturated heterocycles. The first-order chi connectivity index (χ1) is 3.47. The molecule has 0 spiro atoms. The van der Waals surface area contributed by atoms with Gasteiger partial charge >= 0.3 is 14.7 Å². The van der Waals surface area contributed by atoms with Gasteiger partial charge in [-0.05, 0) is 0 Å². The lowest BCUT2D eigenvalue weighted by molar-refractivity contribution is 0.314. The Morgan fingerprint density at radius 1 is 1.71 bits per heavy atom. The van der Waals surface area contributed by atoms with Gasteiger partial charge in [0.05, 0.1) is 0 Å². The lowest BCUT2D eigenvalue weighted by Crippen LogP contribution is -2.49. The number of hydrogen-bond acceptors (Lipinski definition) is 4. The number of hydrogen-bond donors (Lipinski definition) is 2. The molecule has 1 atom stereocenters. The molecule has 2 aliphatic heterocycles. The molecular weight excluding hydrogens is 90.5 g/mol. The molecule has 0 bridgehead atoms. The zero-order valence-corrected chi connectivity index (χ0v) is 3.59. The first kappa shape index (κ1) is 3.97. The minimum absolute atomic E-state index is 0.112. The number of fused-ring (bicyclic) bond motifs is 1. The highest BCUT2D eigenvalue weighted by Gasteiger charge is 2.45. The van der Waals surface area contributed by atoms with Gasteiger partial charge in [-0.15, -0.1) is 0 Å². The summed E-state index contributed by atoms with van der Waals surface area (Å²) < 4.78 is 4.85. The first-order valence-electron chi connectivity index (χ1n) is 2.09. The molecule has 2 N–H and O–H groups in total. The van der Waals surface area contributed by atoms with Gasteiger partial charge in [0.1, 0.15) is 0 Å². The average Bonchev–Trinajstić information content (AvgIpc) is 2.41. The summed E-state index contributed by atoms with van der Waals surface area (Å²) in [6.45, 7) is 0. The summed E-state index contributed by atoms with van der Waals surface area (Å²) in [6.07, 6.45) is 0. The van der Waals surface area contributed by atoms with E-state index in [0.717, 1.165) is 0 Å². The highest BCUT2D eigenvalue weighted by molar-refractivity contribution is 6.76. The van der Waals surface area contributed by atoms with Crippen LogP contribution < -0.4 is 10.3 Å². The fourth-order valence-corrected chi connectivity index (χ4v) is 0.520. The molecular formula is H2B3N3O. The lowest BCUT2D eigenvalue weighted by Gasteiger charge is -2.01. The average molecular weight is 92.5 g/mol. The third kappa shape index (κ3) is 0.578. The van der Waals surface area contributed by atoms with Gasteiger partial charge < -0.3 is 15.0 Å². The summed E-state index contributed by atoms with van der Waals surface area (Å²) in [5, 5.41) is 5.71. The molecule has 0 aromatic rings. The van der Waals surface area contributed by atoms with E-state index in [1.165, 1.54) is 0 Å². The van der Waals surface area contributed by atoms with E-state index in [1.54, 1.807) is 20.0 Å². The van der Waals surface area contributed by atoms with Crippen molar-refractivity contribution in [2.24, 2.45) is 0 Å². The Kier molecular flexibility index (Phi) is 0.712. The Hall–Kier alpha value is 0.0348. The van der Waals surface area contributed by atoms with Gasteiger partial charge in [-0.1, -0.05) is 0 Å². The zero-order chi connectivity index (χ0) is 4.69. The van der Waals surface area contributed by atoms with E-state index < -0.39 is 0 Å². The fourth-order valence-electron chi connectivity index (χ4n) is 0.520. The summed E-state index contributed by atoms with van der Waals surface area (Å²) in [5.41, 5.74) is 0. The van der Waals surface area contributed by atoms with Crippen molar-refractivity contribution in [2.75, 3.05) is 0 Å². The van der Waals surface area contributed by atoms with Gasteiger partial charge in [-0.2, -0.15) is 0 Å². The minimum atomic E-state index is 0.112. The van der Waals surface area contributed by atoms with Crippen molar-refractivity contribution >= 4 is 22.3 Å². The van der Waals surface area contributed by atoms with Crippen molar-refractivity contribution in [1.29, 1.82) is 0 Å². The maximum atomic E-state index is 4.85. The molecule has 0 aliphatic carbocycles. The minimum Gasteiger partial charge on any atom is -0.377 e. The quantitative estimate of drug-likeness (QED) is 0.256. The number of nitrogens with zero attached hydrogens (tertiary/aromatic N) is 1. The molecule has 4 nitrogen and oxygen atoms in total. The van der Waals surface area contributed by atoms with Crippen LogP contribution >= 0.6 is 0 Å². The van der Waals surface area contributed by atoms with E-state index in [9.17, 15) is 0 Å². The molecule has 2 radical (unpaired) electrons. The molecule has 7 heteroatoms. The predicted molar refractivity (Wildman–Crippen MR) is 26.5 cm³/mol. The summed E-state index contributed by atoms with van der Waals surface area (Å²) in [5.74, 6) is 0. The highest BCUT2D eigenvalue weighted by Crippen LogP contribution is 2.08. The molecule has 1 unspecified atom stereocenters. The van der Waals surface area contributed by atoms with Gasteiger partial charge in [-0.3, -0.25) is 0 Å². The van der Waals surface area contributed by atoms with Gasteiger partial charge in [0.25, 0.3) is 7.55 Å². The molecule has 2 heterocycles. The zero-order valence-electron chi connectivity index (χ0n) is 3.59. The molecule has 2 aliphatic rings. The Balaban J connectivity index is 1.95. The van der Waals surface area contributed by atoms with Crippen LogP contribution in [0.1, 0.15) is 0 Å². The van der Waals surface area contributed by atoms with Crippen molar-refractivity contribution in [1.82, 2.24) is 15.2 Å². The van der Waals surface area contributed by atoms with E-state index >= 15 is 0 Å². The van der Waals surface area contributed by atoms with Gasteiger partial charge in [0.15, 0.2) is 0 Å². The topological polar surface area (TPSA) is 39.6 Å². The Bertz CT molecular complexity index is 76.2. The van der Waals surface area contributed by atoms with Crippen LogP contribution in [0, 0.1) is 0 Å². The standard InChI is InChI=1S/B3H2N3O/c1-4-2-6-3(5-1)7-6/h4-5H. The summed E-state index contributed by atoms with van der Waals surface area (Å²) in [7, 11) is 3.59. The van der Waals surface area contributed by atoms with Crippen molar-refractivity contribution in [3.63, 3.8) is 0 Å². The molecule has 0 aromatic carbocycles. The molecule has 32 valence electrons. The summed E-state index contributed by atoms with van der Waals surface area (Å²) >= 11 is 0. The van der Waals surface area contributed by atoms with Crippen LogP contribution in [0.4, 0.5) is 0 Å². The Morgan fingerprint density at radius 3 is 3.29 bits per heavy atom. The molecule has 2 fully saturated rings. The van der Waals surface area contributed by atoms with E-state index in [0.29, 0.717) is 0 Å². The molecule has 0 amide bonds. The third-order valence-corrected chi connectivity index (χ3v) is 0.918. The van der Waals surface area contributed by atoms with E-state index in [-0.39, 0.29) is 7.19 Å². The SMILES string of the molecule is [B]1N[B]N2OB2N1. The van der Waals surface area contributed by atoms with Crippen LogP contribution in [0.25, 0.3) is 0 Å². The Labute approximate surface area is 43.3 Å². The summed E-state index contributed by atoms with van der Waals surface area (Å²) in [6, 6.07) is 0. The van der Waals surface area contributed by atoms with E-state index in [2.05, 4.69) is 10.3 Å². The highest BCUT2D eigenvalue weighted by atomic mass is 16.8. The number of nitrogens with one attached hydrogen (secondary N) is 2. The monoisotopic (exact) mass is 93.0 g/mol. The van der Waals surface area contributed by atoms with Crippen molar-refractivity contribution in [3.8, 4) is 0 Å². The van der Waals surface area contributed by atoms with Crippen molar-refractivity contribution in [2.45, 2.75) is 0 Å². The smallest absolute Gasteiger partial charge is 0.377 e. The van der Waals surface area contributed by atoms with Crippen LogP contribution in [0.3, 0.4) is 0 Å². The van der Waals surface area contributed by atoms with Crippen LogP contribution in [0.5, 0.6) is 0 Å². The molecule has 0 saturated carbocycles. The predicted octanol–water partition coefficient (Wildman–Crippen LogP) is -2.52. The van der Waals surface area contributed by atoms with Crippen LogP contribution in [-0.4, -0.2) is 27.2 Å². The lowest BCUT2D eigenvalue weighted by atomic mass is 9.84.